The molecule has 2 heteroatoms. The molecule has 1 N–H and O–H groups in total. The lowest BCUT2D eigenvalue weighted by atomic mass is 9.98. The molecule has 1 heterocycles. The molecule has 0 radical (unpaired) electrons. The van der Waals surface area contributed by atoms with Crippen LogP contribution in [0.2, 0.25) is 0 Å². The monoisotopic (exact) mass is 227 g/mol. The van der Waals surface area contributed by atoms with Gasteiger partial charge >= 0.3 is 0 Å². The number of nitrogens with one attached hydrogen (secondary N) is 1. The molecule has 0 spiro atoms. The lowest BCUT2D eigenvalue weighted by Crippen LogP contribution is -2.41. The molecular weight excluding hydrogens is 198 g/mol. The highest BCUT2D eigenvalue weighted by Crippen LogP contribution is 2.18. The van der Waals surface area contributed by atoms with Crippen molar-refractivity contribution in [1.82, 2.24) is 5.32 Å². The molecule has 0 aromatic heterocycles. The van der Waals surface area contributed by atoms with E-state index in [9.17, 15) is 0 Å². The fourth-order valence-electron chi connectivity index (χ4n) is 2.42. The first kappa shape index (κ1) is 14.0. The Morgan fingerprint density at radius 1 is 1.31 bits per heavy atom. The molecule has 96 valence electrons. The van der Waals surface area contributed by atoms with Crippen LogP contribution in [0.15, 0.2) is 0 Å². The highest BCUT2D eigenvalue weighted by Gasteiger charge is 2.23. The highest BCUT2D eigenvalue weighted by molar-refractivity contribution is 4.76. The quantitative estimate of drug-likeness (QED) is 0.673. The average molecular weight is 227 g/mol. The van der Waals surface area contributed by atoms with Crippen molar-refractivity contribution in [2.45, 2.75) is 71.5 Å². The molecule has 0 aromatic carbocycles. The van der Waals surface area contributed by atoms with Gasteiger partial charge in [0.15, 0.2) is 0 Å². The Labute approximate surface area is 101 Å². The van der Waals surface area contributed by atoms with E-state index < -0.39 is 0 Å². The number of unbranched alkanes of at least 4 members (excludes halogenated alkanes) is 3. The minimum absolute atomic E-state index is 0.447. The van der Waals surface area contributed by atoms with E-state index in [4.69, 9.17) is 4.74 Å². The van der Waals surface area contributed by atoms with Gasteiger partial charge in [-0.2, -0.15) is 0 Å². The molecule has 2 nitrogen and oxygen atoms in total. The van der Waals surface area contributed by atoms with Crippen LogP contribution in [0.5, 0.6) is 0 Å². The van der Waals surface area contributed by atoms with Crippen molar-refractivity contribution < 1.29 is 4.74 Å². The summed E-state index contributed by atoms with van der Waals surface area (Å²) in [7, 11) is 0. The van der Waals surface area contributed by atoms with Gasteiger partial charge in [-0.25, -0.2) is 0 Å². The van der Waals surface area contributed by atoms with E-state index in [-0.39, 0.29) is 0 Å². The molecule has 0 aromatic rings. The van der Waals surface area contributed by atoms with Crippen molar-refractivity contribution in [3.8, 4) is 0 Å². The molecule has 0 saturated carbocycles. The van der Waals surface area contributed by atoms with Gasteiger partial charge in [0.25, 0.3) is 0 Å². The maximum atomic E-state index is 6.14. The highest BCUT2D eigenvalue weighted by atomic mass is 16.5. The van der Waals surface area contributed by atoms with Crippen LogP contribution in [0, 0.1) is 5.92 Å². The van der Waals surface area contributed by atoms with Crippen molar-refractivity contribution >= 4 is 0 Å². The van der Waals surface area contributed by atoms with E-state index in [0.717, 1.165) is 13.1 Å². The Morgan fingerprint density at radius 3 is 2.81 bits per heavy atom. The normalized spacial score (nSPS) is 27.9. The molecule has 16 heavy (non-hydrogen) atoms. The molecule has 1 aliphatic heterocycles. The van der Waals surface area contributed by atoms with E-state index in [0.29, 0.717) is 18.1 Å². The van der Waals surface area contributed by atoms with Gasteiger partial charge in [-0.05, 0) is 32.2 Å². The van der Waals surface area contributed by atoms with Crippen LogP contribution >= 0.6 is 0 Å². The van der Waals surface area contributed by atoms with Crippen LogP contribution in [-0.2, 0) is 4.74 Å². The molecule has 1 rings (SSSR count). The molecule has 3 atom stereocenters. The van der Waals surface area contributed by atoms with Gasteiger partial charge in [-0.1, -0.05) is 39.5 Å². The molecule has 1 saturated heterocycles. The number of piperidine rings is 1. The standard InChI is InChI=1S/C14H29NO/c1-4-5-6-7-8-13(3)16-14-9-10-15-11-12(14)2/h12-15H,4-11H2,1-3H3. The second-order valence-electron chi connectivity index (χ2n) is 5.30. The first-order valence-electron chi connectivity index (χ1n) is 7.10. The van der Waals surface area contributed by atoms with Gasteiger partial charge < -0.3 is 10.1 Å². The topological polar surface area (TPSA) is 21.3 Å². The number of hydrogen-bond donors (Lipinski definition) is 1. The Bertz CT molecular complexity index is 172. The van der Waals surface area contributed by atoms with E-state index in [1.165, 1.54) is 38.5 Å². The average Bonchev–Trinajstić information content (AvgIpc) is 2.28. The predicted octanol–water partition coefficient (Wildman–Crippen LogP) is 3.36. The van der Waals surface area contributed by atoms with Crippen LogP contribution in [0.3, 0.4) is 0 Å². The van der Waals surface area contributed by atoms with Crippen LogP contribution < -0.4 is 5.32 Å². The molecule has 1 fully saturated rings. The summed E-state index contributed by atoms with van der Waals surface area (Å²) in [4.78, 5) is 0. The third kappa shape index (κ3) is 5.31. The largest absolute Gasteiger partial charge is 0.375 e. The zero-order chi connectivity index (χ0) is 11.8. The Kier molecular flexibility index (Phi) is 7.06. The molecule has 0 amide bonds. The fourth-order valence-corrected chi connectivity index (χ4v) is 2.42. The minimum atomic E-state index is 0.447. The third-order valence-electron chi connectivity index (χ3n) is 3.58. The minimum Gasteiger partial charge on any atom is -0.375 e. The Morgan fingerprint density at radius 2 is 2.12 bits per heavy atom. The first-order valence-corrected chi connectivity index (χ1v) is 7.10. The van der Waals surface area contributed by atoms with Gasteiger partial charge in [-0.3, -0.25) is 0 Å². The molecular formula is C14H29NO. The predicted molar refractivity (Wildman–Crippen MR) is 69.7 cm³/mol. The Hall–Kier alpha value is -0.0800. The number of rotatable bonds is 7. The van der Waals surface area contributed by atoms with Crippen LogP contribution in [0.1, 0.15) is 59.3 Å². The van der Waals surface area contributed by atoms with Crippen molar-refractivity contribution in [1.29, 1.82) is 0 Å². The van der Waals surface area contributed by atoms with Gasteiger partial charge in [0.05, 0.1) is 12.2 Å². The van der Waals surface area contributed by atoms with Gasteiger partial charge in [0, 0.05) is 6.54 Å². The first-order chi connectivity index (χ1) is 7.74. The van der Waals surface area contributed by atoms with E-state index >= 15 is 0 Å². The zero-order valence-corrected chi connectivity index (χ0v) is 11.3. The van der Waals surface area contributed by atoms with Gasteiger partial charge in [-0.15, -0.1) is 0 Å². The van der Waals surface area contributed by atoms with Crippen molar-refractivity contribution in [3.05, 3.63) is 0 Å². The van der Waals surface area contributed by atoms with E-state index in [2.05, 4.69) is 26.1 Å². The lowest BCUT2D eigenvalue weighted by Gasteiger charge is -2.32. The maximum Gasteiger partial charge on any atom is 0.0628 e. The summed E-state index contributed by atoms with van der Waals surface area (Å²) in [5.41, 5.74) is 0. The van der Waals surface area contributed by atoms with Crippen LogP contribution in [0.25, 0.3) is 0 Å². The zero-order valence-electron chi connectivity index (χ0n) is 11.3. The van der Waals surface area contributed by atoms with Crippen molar-refractivity contribution in [2.24, 2.45) is 5.92 Å². The second-order valence-corrected chi connectivity index (χ2v) is 5.30. The number of hydrogen-bond acceptors (Lipinski definition) is 2. The van der Waals surface area contributed by atoms with Crippen molar-refractivity contribution in [2.75, 3.05) is 13.1 Å². The van der Waals surface area contributed by atoms with Crippen LogP contribution in [-0.4, -0.2) is 25.3 Å². The smallest absolute Gasteiger partial charge is 0.0628 e. The van der Waals surface area contributed by atoms with Crippen LogP contribution in [0.4, 0.5) is 0 Å². The summed E-state index contributed by atoms with van der Waals surface area (Å²) in [5, 5.41) is 3.42. The number of ether oxygens (including phenoxy) is 1. The fraction of sp³-hybridized carbons (Fsp3) is 1.00. The summed E-state index contributed by atoms with van der Waals surface area (Å²) in [5.74, 6) is 0.673. The van der Waals surface area contributed by atoms with E-state index in [1.807, 2.05) is 0 Å². The maximum absolute atomic E-state index is 6.14. The molecule has 3 unspecified atom stereocenters. The van der Waals surface area contributed by atoms with E-state index in [1.54, 1.807) is 0 Å². The summed E-state index contributed by atoms with van der Waals surface area (Å²) in [6, 6.07) is 0. The second kappa shape index (κ2) is 8.08. The Balaban J connectivity index is 2.09. The SMILES string of the molecule is CCCCCCC(C)OC1CCNCC1C. The lowest BCUT2D eigenvalue weighted by molar-refractivity contribution is -0.0467. The third-order valence-corrected chi connectivity index (χ3v) is 3.58. The summed E-state index contributed by atoms with van der Waals surface area (Å²) in [6.45, 7) is 9.03. The summed E-state index contributed by atoms with van der Waals surface area (Å²) < 4.78 is 6.14. The van der Waals surface area contributed by atoms with Gasteiger partial charge in [0.1, 0.15) is 0 Å². The molecule has 1 aliphatic rings. The summed E-state index contributed by atoms with van der Waals surface area (Å²) in [6.07, 6.45) is 8.74. The molecule has 0 aliphatic carbocycles. The van der Waals surface area contributed by atoms with Gasteiger partial charge in [0.2, 0.25) is 0 Å². The van der Waals surface area contributed by atoms with Crippen molar-refractivity contribution in [3.63, 3.8) is 0 Å². The summed E-state index contributed by atoms with van der Waals surface area (Å²) >= 11 is 0. The molecule has 0 bridgehead atoms.